The molecule has 0 bridgehead atoms. The lowest BCUT2D eigenvalue weighted by Gasteiger charge is -2.34. The van der Waals surface area contributed by atoms with E-state index in [1.165, 1.54) is 30.0 Å². The first-order valence-electron chi connectivity index (χ1n) is 11.7. The number of Topliss-reactive ketones (excluding diaryl/α,β-unsaturated/α-hetero) is 1. The molecule has 0 aromatic heterocycles. The molecule has 2 aromatic rings. The first kappa shape index (κ1) is 29.2. The third kappa shape index (κ3) is 7.74. The van der Waals surface area contributed by atoms with E-state index in [0.29, 0.717) is 5.56 Å². The minimum atomic E-state index is -3.95. The van der Waals surface area contributed by atoms with Crippen LogP contribution in [0, 0.1) is 11.7 Å². The van der Waals surface area contributed by atoms with Crippen LogP contribution in [0.1, 0.15) is 55.8 Å². The molecule has 0 fully saturated rings. The maximum atomic E-state index is 13.9. The zero-order chi connectivity index (χ0) is 26.0. The van der Waals surface area contributed by atoms with Gasteiger partial charge in [0.1, 0.15) is 5.82 Å². The second-order valence-corrected chi connectivity index (χ2v) is 11.5. The second kappa shape index (κ2) is 13.9. The number of carbonyl (C=O) groups is 2. The van der Waals surface area contributed by atoms with E-state index in [9.17, 15) is 18.5 Å². The highest BCUT2D eigenvalue weighted by atomic mass is 32.2. The van der Waals surface area contributed by atoms with Gasteiger partial charge in [0.15, 0.2) is 11.4 Å². The van der Waals surface area contributed by atoms with Crippen molar-refractivity contribution in [1.29, 1.82) is 0 Å². The molecule has 0 radical (unpaired) electrons. The highest BCUT2D eigenvalue weighted by molar-refractivity contribution is 8.01. The predicted molar refractivity (Wildman–Crippen MR) is 137 cm³/mol. The van der Waals surface area contributed by atoms with Crippen molar-refractivity contribution in [2.45, 2.75) is 50.8 Å². The number of hydrogen-bond acceptors (Lipinski definition) is 7. The van der Waals surface area contributed by atoms with Gasteiger partial charge < -0.3 is 13.8 Å². The van der Waals surface area contributed by atoms with Gasteiger partial charge in [-0.3, -0.25) is 14.2 Å². The first-order chi connectivity index (χ1) is 16.7. The molecule has 0 amide bonds. The van der Waals surface area contributed by atoms with E-state index in [0.717, 1.165) is 0 Å². The van der Waals surface area contributed by atoms with Gasteiger partial charge in [-0.05, 0) is 44.4 Å². The molecule has 0 spiro atoms. The minimum absolute atomic E-state index is 0.0764. The third-order valence-electron chi connectivity index (χ3n) is 5.20. The molecule has 9 heteroatoms. The maximum Gasteiger partial charge on any atom is 0.346 e. The number of ketones is 1. The Kier molecular flexibility index (Phi) is 11.6. The normalized spacial score (nSPS) is 14.4. The third-order valence-corrected chi connectivity index (χ3v) is 9.74. The molecule has 0 aliphatic rings. The number of hydrogen-bond donors (Lipinski definition) is 0. The van der Waals surface area contributed by atoms with Crippen LogP contribution < -0.4 is 0 Å². The van der Waals surface area contributed by atoms with Crippen molar-refractivity contribution in [2.75, 3.05) is 19.8 Å². The number of benzene rings is 2. The van der Waals surface area contributed by atoms with E-state index < -0.39 is 35.5 Å². The van der Waals surface area contributed by atoms with Crippen LogP contribution in [0.15, 0.2) is 54.6 Å². The van der Waals surface area contributed by atoms with Crippen molar-refractivity contribution in [3.8, 4) is 0 Å². The smallest absolute Gasteiger partial charge is 0.346 e. The van der Waals surface area contributed by atoms with E-state index in [1.54, 1.807) is 51.1 Å². The lowest BCUT2D eigenvalue weighted by atomic mass is 10.0. The summed E-state index contributed by atoms with van der Waals surface area (Å²) in [6, 6.07) is 14.5. The quantitative estimate of drug-likeness (QED) is 0.154. The van der Waals surface area contributed by atoms with Crippen molar-refractivity contribution in [3.05, 3.63) is 71.5 Å². The molecule has 192 valence electrons. The zero-order valence-corrected chi connectivity index (χ0v) is 22.5. The van der Waals surface area contributed by atoms with Gasteiger partial charge in [-0.25, -0.2) is 4.39 Å². The molecule has 6 nitrogen and oxygen atoms in total. The Hall–Kier alpha value is -1.99. The summed E-state index contributed by atoms with van der Waals surface area (Å²) in [6.45, 7) is 9.01. The molecule has 2 rings (SSSR count). The number of carbonyl (C=O) groups excluding carboxylic acids is 2. The van der Waals surface area contributed by atoms with Gasteiger partial charge in [0.2, 0.25) is 0 Å². The fraction of sp³-hybridized carbons (Fsp3) is 0.462. The predicted octanol–water partition coefficient (Wildman–Crippen LogP) is 6.71. The number of halogens is 1. The number of esters is 1. The van der Waals surface area contributed by atoms with Crippen LogP contribution >= 0.6 is 19.4 Å². The van der Waals surface area contributed by atoms with Crippen molar-refractivity contribution in [3.63, 3.8) is 0 Å². The summed E-state index contributed by atoms with van der Waals surface area (Å²) in [6.07, 6.45) is 0. The van der Waals surface area contributed by atoms with Crippen LogP contribution in [-0.4, -0.2) is 42.5 Å². The topological polar surface area (TPSA) is 78.9 Å². The molecule has 0 saturated heterocycles. The Labute approximate surface area is 211 Å². The minimum Gasteiger partial charge on any atom is -0.465 e. The van der Waals surface area contributed by atoms with Gasteiger partial charge in [-0.2, -0.15) is 0 Å². The Morgan fingerprint density at radius 1 is 0.943 bits per heavy atom. The maximum absolute atomic E-state index is 13.9. The van der Waals surface area contributed by atoms with Gasteiger partial charge in [0, 0.05) is 10.8 Å². The van der Waals surface area contributed by atoms with Crippen LogP contribution in [0.5, 0.6) is 0 Å². The molecular formula is C26H34FO6PS. The van der Waals surface area contributed by atoms with Gasteiger partial charge >= 0.3 is 13.6 Å². The highest BCUT2D eigenvalue weighted by Crippen LogP contribution is 2.58. The molecule has 3 atom stereocenters. The molecular weight excluding hydrogens is 490 g/mol. The average molecular weight is 525 g/mol. The Morgan fingerprint density at radius 2 is 1.57 bits per heavy atom. The number of ether oxygens (including phenoxy) is 1. The molecule has 0 aliphatic carbocycles. The average Bonchev–Trinajstić information content (AvgIpc) is 2.82. The van der Waals surface area contributed by atoms with Crippen molar-refractivity contribution in [2.24, 2.45) is 5.92 Å². The first-order valence-corrected chi connectivity index (χ1v) is 14.3. The van der Waals surface area contributed by atoms with Crippen LogP contribution in [0.3, 0.4) is 0 Å². The monoisotopic (exact) mass is 524 g/mol. The fourth-order valence-electron chi connectivity index (χ4n) is 3.69. The van der Waals surface area contributed by atoms with E-state index in [2.05, 4.69) is 0 Å². The summed E-state index contributed by atoms with van der Waals surface area (Å²) >= 11 is 1.20. The Bertz CT molecular complexity index is 1010. The lowest BCUT2D eigenvalue weighted by molar-refractivity contribution is -0.143. The summed E-state index contributed by atoms with van der Waals surface area (Å²) in [5.41, 5.74) is -0.360. The number of thioether (sulfide) groups is 1. The highest BCUT2D eigenvalue weighted by Gasteiger charge is 2.50. The molecule has 0 saturated carbocycles. The second-order valence-electron chi connectivity index (χ2n) is 8.08. The summed E-state index contributed by atoms with van der Waals surface area (Å²) < 4.78 is 44.3. The fourth-order valence-corrected chi connectivity index (χ4v) is 7.97. The van der Waals surface area contributed by atoms with E-state index in [1.807, 2.05) is 19.9 Å². The molecule has 2 aromatic carbocycles. The SMILES string of the molecule is CCOC(=O)C(C(SC(C(=O)c1cccc(F)c1)c1ccccc1)C(C)C)P(=O)(OCC)OCC. The summed E-state index contributed by atoms with van der Waals surface area (Å²) in [5.74, 6) is -1.75. The molecule has 0 heterocycles. The van der Waals surface area contributed by atoms with Crippen molar-refractivity contribution < 1.29 is 32.3 Å². The standard InChI is InChI=1S/C26H34FO6PS/c1-6-31-26(29)23(34(30,32-7-2)33-8-3)24(18(4)5)35-25(19-13-10-9-11-14-19)22(28)20-15-12-16-21(27)17-20/h9-18,23-25H,6-8H2,1-5H3. The van der Waals surface area contributed by atoms with Crippen molar-refractivity contribution >= 4 is 31.1 Å². The van der Waals surface area contributed by atoms with Crippen LogP contribution in [0.25, 0.3) is 0 Å². The Morgan fingerprint density at radius 3 is 2.09 bits per heavy atom. The van der Waals surface area contributed by atoms with Crippen LogP contribution in [0.2, 0.25) is 0 Å². The summed E-state index contributed by atoms with van der Waals surface area (Å²) in [4.78, 5) is 26.8. The largest absolute Gasteiger partial charge is 0.465 e. The van der Waals surface area contributed by atoms with E-state index >= 15 is 0 Å². The number of rotatable bonds is 14. The van der Waals surface area contributed by atoms with Crippen LogP contribution in [-0.2, 0) is 23.1 Å². The van der Waals surface area contributed by atoms with Gasteiger partial charge in [-0.1, -0.05) is 56.3 Å². The van der Waals surface area contributed by atoms with Crippen LogP contribution in [0.4, 0.5) is 4.39 Å². The van der Waals surface area contributed by atoms with E-state index in [-0.39, 0.29) is 37.1 Å². The molecule has 0 N–H and O–H groups in total. The summed E-state index contributed by atoms with van der Waals surface area (Å²) in [7, 11) is -3.95. The van der Waals surface area contributed by atoms with E-state index in [4.69, 9.17) is 13.8 Å². The molecule has 3 unspecified atom stereocenters. The van der Waals surface area contributed by atoms with Crippen molar-refractivity contribution in [1.82, 2.24) is 0 Å². The Balaban J connectivity index is 2.61. The van der Waals surface area contributed by atoms with Gasteiger partial charge in [0.05, 0.1) is 25.1 Å². The zero-order valence-electron chi connectivity index (χ0n) is 20.8. The molecule has 0 aliphatic heterocycles. The van der Waals surface area contributed by atoms with Gasteiger partial charge in [-0.15, -0.1) is 11.8 Å². The van der Waals surface area contributed by atoms with Gasteiger partial charge in [0.25, 0.3) is 0 Å². The molecule has 35 heavy (non-hydrogen) atoms. The summed E-state index contributed by atoms with van der Waals surface area (Å²) in [5, 5.41) is -1.46. The lowest BCUT2D eigenvalue weighted by Crippen LogP contribution is -2.39.